The highest BCUT2D eigenvalue weighted by atomic mass is 19.2. The van der Waals surface area contributed by atoms with E-state index in [1.807, 2.05) is 11.9 Å². The average Bonchev–Trinajstić information content (AvgIpc) is 3.12. The lowest BCUT2D eigenvalue weighted by Crippen LogP contribution is -2.41. The number of rotatable bonds is 3. The van der Waals surface area contributed by atoms with E-state index >= 15 is 0 Å². The smallest absolute Gasteiger partial charge is 0.320 e. The molecule has 1 saturated heterocycles. The van der Waals surface area contributed by atoms with Crippen molar-refractivity contribution in [3.05, 3.63) is 47.7 Å². The summed E-state index contributed by atoms with van der Waals surface area (Å²) >= 11 is 0. The van der Waals surface area contributed by atoms with Crippen LogP contribution in [0.3, 0.4) is 0 Å². The van der Waals surface area contributed by atoms with Gasteiger partial charge in [0.1, 0.15) is 6.26 Å². The molecule has 23 heavy (non-hydrogen) atoms. The van der Waals surface area contributed by atoms with Crippen molar-refractivity contribution in [2.45, 2.75) is 18.5 Å². The maximum atomic E-state index is 13.5. The van der Waals surface area contributed by atoms with Crippen molar-refractivity contribution in [2.75, 3.05) is 18.9 Å². The van der Waals surface area contributed by atoms with E-state index in [1.165, 1.54) is 24.5 Å². The highest BCUT2D eigenvalue weighted by Crippen LogP contribution is 2.31. The summed E-state index contributed by atoms with van der Waals surface area (Å²) in [6, 6.07) is 4.45. The van der Waals surface area contributed by atoms with Gasteiger partial charge in [0.2, 0.25) is 0 Å². The molecule has 1 aliphatic heterocycles. The molecule has 1 fully saturated rings. The third kappa shape index (κ3) is 3.31. The minimum atomic E-state index is -0.895. The number of nitrogens with one attached hydrogen (secondary N) is 2. The van der Waals surface area contributed by atoms with Gasteiger partial charge in [-0.3, -0.25) is 10.2 Å². The predicted octanol–water partition coefficient (Wildman–Crippen LogP) is 2.52. The molecule has 6 nitrogen and oxygen atoms in total. The number of carbonyl (C=O) groups excluding carboxylic acids is 1. The van der Waals surface area contributed by atoms with Gasteiger partial charge in [0.15, 0.2) is 17.5 Å². The Morgan fingerprint density at radius 1 is 1.35 bits per heavy atom. The third-order valence-electron chi connectivity index (χ3n) is 3.93. The van der Waals surface area contributed by atoms with E-state index in [1.54, 1.807) is 0 Å². The van der Waals surface area contributed by atoms with Crippen LogP contribution in [0.5, 0.6) is 0 Å². The van der Waals surface area contributed by atoms with Gasteiger partial charge in [-0.15, -0.1) is 0 Å². The van der Waals surface area contributed by atoms with E-state index in [0.29, 0.717) is 17.8 Å². The van der Waals surface area contributed by atoms with Gasteiger partial charge in [-0.05, 0) is 31.2 Å². The Morgan fingerprint density at radius 3 is 2.87 bits per heavy atom. The van der Waals surface area contributed by atoms with Crippen LogP contribution in [0.2, 0.25) is 0 Å². The van der Waals surface area contributed by atoms with E-state index in [2.05, 4.69) is 20.3 Å². The first-order valence-electron chi connectivity index (χ1n) is 7.17. The van der Waals surface area contributed by atoms with Gasteiger partial charge >= 0.3 is 6.03 Å². The summed E-state index contributed by atoms with van der Waals surface area (Å²) in [5.41, 5.74) is 0.621. The maximum Gasteiger partial charge on any atom is 0.320 e. The largest absolute Gasteiger partial charge is 0.363 e. The monoisotopic (exact) mass is 322 g/mol. The number of aromatic nitrogens is 1. The molecule has 0 unspecified atom stereocenters. The van der Waals surface area contributed by atoms with Crippen LogP contribution in [-0.2, 0) is 0 Å². The van der Waals surface area contributed by atoms with Crippen LogP contribution in [0, 0.1) is 11.6 Å². The van der Waals surface area contributed by atoms with Gasteiger partial charge in [0.05, 0.1) is 12.1 Å². The number of hydrogen-bond acceptors (Lipinski definition) is 4. The van der Waals surface area contributed by atoms with E-state index < -0.39 is 17.7 Å². The van der Waals surface area contributed by atoms with E-state index in [0.717, 1.165) is 12.6 Å². The Morgan fingerprint density at radius 2 is 2.17 bits per heavy atom. The second-order valence-corrected chi connectivity index (χ2v) is 5.48. The maximum absolute atomic E-state index is 13.5. The zero-order valence-corrected chi connectivity index (χ0v) is 12.4. The fraction of sp³-hybridized carbons (Fsp3) is 0.333. The van der Waals surface area contributed by atoms with Gasteiger partial charge < -0.3 is 9.84 Å². The summed E-state index contributed by atoms with van der Waals surface area (Å²) in [7, 11) is 1.88. The SMILES string of the molecule is CN1CC[C@H](NC(=O)Nc2ccon2)[C@@H]1c1ccc(F)c(F)c1. The fourth-order valence-corrected chi connectivity index (χ4v) is 2.88. The van der Waals surface area contributed by atoms with Crippen LogP contribution >= 0.6 is 0 Å². The normalized spacial score (nSPS) is 21.3. The molecule has 0 saturated carbocycles. The Labute approximate surface area is 131 Å². The number of likely N-dealkylation sites (tertiary alicyclic amines) is 1. The first kappa shape index (κ1) is 15.4. The van der Waals surface area contributed by atoms with Crippen molar-refractivity contribution in [2.24, 2.45) is 0 Å². The second-order valence-electron chi connectivity index (χ2n) is 5.48. The average molecular weight is 322 g/mol. The van der Waals surface area contributed by atoms with Gasteiger partial charge in [0, 0.05) is 12.6 Å². The molecule has 1 aromatic carbocycles. The molecule has 122 valence electrons. The zero-order valence-electron chi connectivity index (χ0n) is 12.4. The lowest BCUT2D eigenvalue weighted by atomic mass is 10.00. The Kier molecular flexibility index (Phi) is 4.24. The number of benzene rings is 1. The molecule has 0 bridgehead atoms. The zero-order chi connectivity index (χ0) is 16.4. The molecule has 0 spiro atoms. The predicted molar refractivity (Wildman–Crippen MR) is 78.8 cm³/mol. The Balaban J connectivity index is 1.73. The number of likely N-dealkylation sites (N-methyl/N-ethyl adjacent to an activating group) is 1. The number of nitrogens with zero attached hydrogens (tertiary/aromatic N) is 2. The summed E-state index contributed by atoms with van der Waals surface area (Å²) in [6.07, 6.45) is 2.05. The van der Waals surface area contributed by atoms with Gasteiger partial charge in [0.25, 0.3) is 0 Å². The van der Waals surface area contributed by atoms with Crippen molar-refractivity contribution >= 4 is 11.8 Å². The van der Waals surface area contributed by atoms with Crippen molar-refractivity contribution in [3.63, 3.8) is 0 Å². The molecule has 3 rings (SSSR count). The van der Waals surface area contributed by atoms with Gasteiger partial charge in [-0.2, -0.15) is 0 Å². The van der Waals surface area contributed by atoms with Crippen molar-refractivity contribution in [3.8, 4) is 0 Å². The molecule has 1 aliphatic rings. The van der Waals surface area contributed by atoms with E-state index in [-0.39, 0.29) is 12.1 Å². The number of anilines is 1. The highest BCUT2D eigenvalue weighted by molar-refractivity contribution is 5.88. The van der Waals surface area contributed by atoms with Crippen LogP contribution in [-0.4, -0.2) is 35.7 Å². The Hall–Kier alpha value is -2.48. The van der Waals surface area contributed by atoms with Crippen molar-refractivity contribution in [1.82, 2.24) is 15.4 Å². The molecular weight excluding hydrogens is 306 g/mol. The minimum Gasteiger partial charge on any atom is -0.363 e. The second kappa shape index (κ2) is 6.33. The van der Waals surface area contributed by atoms with Crippen LogP contribution < -0.4 is 10.6 Å². The molecule has 2 amide bonds. The van der Waals surface area contributed by atoms with E-state index in [9.17, 15) is 13.6 Å². The van der Waals surface area contributed by atoms with Crippen LogP contribution in [0.15, 0.2) is 35.1 Å². The highest BCUT2D eigenvalue weighted by Gasteiger charge is 2.34. The number of carbonyl (C=O) groups is 1. The summed E-state index contributed by atoms with van der Waals surface area (Å²) in [4.78, 5) is 14.0. The van der Waals surface area contributed by atoms with Crippen LogP contribution in [0.25, 0.3) is 0 Å². The first-order chi connectivity index (χ1) is 11.0. The molecular formula is C15H16F2N4O2. The third-order valence-corrected chi connectivity index (χ3v) is 3.93. The molecule has 8 heteroatoms. The summed E-state index contributed by atoms with van der Waals surface area (Å²) < 4.78 is 31.2. The fourth-order valence-electron chi connectivity index (χ4n) is 2.88. The molecule has 1 aromatic heterocycles. The number of amides is 2. The molecule has 2 atom stereocenters. The molecule has 0 aliphatic carbocycles. The summed E-state index contributed by atoms with van der Waals surface area (Å²) in [5.74, 6) is -1.48. The molecule has 2 N–H and O–H groups in total. The number of halogens is 2. The van der Waals surface area contributed by atoms with Gasteiger partial charge in [-0.1, -0.05) is 11.2 Å². The van der Waals surface area contributed by atoms with Gasteiger partial charge in [-0.25, -0.2) is 13.6 Å². The standard InChI is InChI=1S/C15H16F2N4O2/c1-21-6-4-12(18-15(22)19-13-5-7-23-20-13)14(21)9-2-3-10(16)11(17)8-9/h2-3,5,7-8,12,14H,4,6H2,1H3,(H2,18,19,20,22)/t12-,14-/m0/s1. The summed E-state index contributed by atoms with van der Waals surface area (Å²) in [6.45, 7) is 0.735. The molecule has 0 radical (unpaired) electrons. The molecule has 2 heterocycles. The molecule has 2 aromatic rings. The summed E-state index contributed by atoms with van der Waals surface area (Å²) in [5, 5.41) is 8.98. The number of hydrogen-bond donors (Lipinski definition) is 2. The van der Waals surface area contributed by atoms with Crippen molar-refractivity contribution in [1.29, 1.82) is 0 Å². The topological polar surface area (TPSA) is 70.4 Å². The van der Waals surface area contributed by atoms with Crippen LogP contribution in [0.4, 0.5) is 19.4 Å². The number of urea groups is 1. The van der Waals surface area contributed by atoms with Crippen molar-refractivity contribution < 1.29 is 18.1 Å². The van der Waals surface area contributed by atoms with Crippen LogP contribution in [0.1, 0.15) is 18.0 Å². The minimum absolute atomic E-state index is 0.225. The quantitative estimate of drug-likeness (QED) is 0.911. The van der Waals surface area contributed by atoms with E-state index in [4.69, 9.17) is 0 Å². The lowest BCUT2D eigenvalue weighted by molar-refractivity contribution is 0.240. The lowest BCUT2D eigenvalue weighted by Gasteiger charge is -2.26. The first-order valence-corrected chi connectivity index (χ1v) is 7.17. The Bertz CT molecular complexity index is 693.